The van der Waals surface area contributed by atoms with Gasteiger partial charge in [0, 0.05) is 0 Å². The summed E-state index contributed by atoms with van der Waals surface area (Å²) < 4.78 is 0. The molecule has 1 aliphatic carbocycles. The van der Waals surface area contributed by atoms with Crippen LogP contribution in [0.1, 0.15) is 35.1 Å². The Kier molecular flexibility index (Phi) is 3.02. The van der Waals surface area contributed by atoms with E-state index in [0.29, 0.717) is 0 Å². The van der Waals surface area contributed by atoms with E-state index in [-0.39, 0.29) is 0 Å². The minimum Gasteiger partial charge on any atom is -0.0760 e. The van der Waals surface area contributed by atoms with Gasteiger partial charge in [-0.1, -0.05) is 60.2 Å². The molecule has 90 valence electrons. The average molecular weight is 234 g/mol. The fourth-order valence-corrected chi connectivity index (χ4v) is 2.74. The van der Waals surface area contributed by atoms with Crippen LogP contribution in [0, 0.1) is 6.92 Å². The zero-order valence-electron chi connectivity index (χ0n) is 10.8. The summed E-state index contributed by atoms with van der Waals surface area (Å²) in [5.41, 5.74) is 7.00. The van der Waals surface area contributed by atoms with Crippen LogP contribution in [0.15, 0.2) is 54.6 Å². The summed E-state index contributed by atoms with van der Waals surface area (Å²) in [6.07, 6.45) is 6.03. The molecule has 0 fully saturated rings. The molecule has 0 atom stereocenters. The topological polar surface area (TPSA) is 0 Å². The molecule has 0 saturated heterocycles. The van der Waals surface area contributed by atoms with Crippen molar-refractivity contribution >= 4 is 5.57 Å². The van der Waals surface area contributed by atoms with Gasteiger partial charge in [0.2, 0.25) is 0 Å². The van der Waals surface area contributed by atoms with Gasteiger partial charge in [-0.2, -0.15) is 0 Å². The van der Waals surface area contributed by atoms with Gasteiger partial charge in [0.1, 0.15) is 0 Å². The molecular weight excluding hydrogens is 216 g/mol. The Labute approximate surface area is 109 Å². The maximum absolute atomic E-state index is 2.40. The summed E-state index contributed by atoms with van der Waals surface area (Å²) >= 11 is 0. The predicted molar refractivity (Wildman–Crippen MR) is 77.6 cm³/mol. The molecular formula is C18H18. The molecule has 0 nitrogen and oxygen atoms in total. The molecule has 0 bridgehead atoms. The Morgan fingerprint density at radius 3 is 2.72 bits per heavy atom. The number of hydrogen-bond acceptors (Lipinski definition) is 0. The summed E-state index contributed by atoms with van der Waals surface area (Å²) in [4.78, 5) is 0. The van der Waals surface area contributed by atoms with Crippen molar-refractivity contribution < 1.29 is 0 Å². The minimum absolute atomic E-state index is 1.18. The lowest BCUT2D eigenvalue weighted by molar-refractivity contribution is 0.851. The standard InChI is InChI=1S/C18H18/c1-14-7-6-10-16(13-14)18-12-5-3-9-15-8-2-4-11-17(15)18/h2,4,6-8,10-13H,3,5,9H2,1H3. The second-order valence-electron chi connectivity index (χ2n) is 5.04. The molecule has 2 aromatic rings. The van der Waals surface area contributed by atoms with Crippen molar-refractivity contribution in [1.82, 2.24) is 0 Å². The average Bonchev–Trinajstić information content (AvgIpc) is 2.61. The van der Waals surface area contributed by atoms with Gasteiger partial charge in [-0.3, -0.25) is 0 Å². The molecule has 0 radical (unpaired) electrons. The lowest BCUT2D eigenvalue weighted by atomic mass is 9.93. The Balaban J connectivity index is 2.14. The fourth-order valence-electron chi connectivity index (χ4n) is 2.74. The molecule has 0 N–H and O–H groups in total. The molecule has 0 heterocycles. The molecule has 0 unspecified atom stereocenters. The first kappa shape index (κ1) is 11.3. The van der Waals surface area contributed by atoms with Crippen LogP contribution in [-0.4, -0.2) is 0 Å². The van der Waals surface area contributed by atoms with Crippen LogP contribution in [0.5, 0.6) is 0 Å². The molecule has 0 amide bonds. The number of hydrogen-bond donors (Lipinski definition) is 0. The maximum Gasteiger partial charge on any atom is -0.0149 e. The molecule has 3 rings (SSSR count). The second-order valence-corrected chi connectivity index (χ2v) is 5.04. The Morgan fingerprint density at radius 1 is 0.944 bits per heavy atom. The zero-order valence-corrected chi connectivity index (χ0v) is 10.8. The van der Waals surface area contributed by atoms with E-state index in [1.54, 1.807) is 0 Å². The molecule has 0 aromatic heterocycles. The third-order valence-corrected chi connectivity index (χ3v) is 3.64. The quantitative estimate of drug-likeness (QED) is 0.667. The molecule has 2 aromatic carbocycles. The van der Waals surface area contributed by atoms with Gasteiger partial charge >= 0.3 is 0 Å². The van der Waals surface area contributed by atoms with E-state index in [0.717, 1.165) is 0 Å². The number of benzene rings is 2. The minimum atomic E-state index is 1.18. The van der Waals surface area contributed by atoms with Gasteiger partial charge in [0.05, 0.1) is 0 Å². The third-order valence-electron chi connectivity index (χ3n) is 3.64. The van der Waals surface area contributed by atoms with Crippen molar-refractivity contribution in [3.05, 3.63) is 76.9 Å². The highest BCUT2D eigenvalue weighted by atomic mass is 14.2. The van der Waals surface area contributed by atoms with Crippen molar-refractivity contribution in [3.8, 4) is 0 Å². The zero-order chi connectivity index (χ0) is 12.4. The highest BCUT2D eigenvalue weighted by Crippen LogP contribution is 2.30. The first-order valence-electron chi connectivity index (χ1n) is 6.70. The van der Waals surface area contributed by atoms with Crippen LogP contribution < -0.4 is 0 Å². The summed E-state index contributed by atoms with van der Waals surface area (Å²) in [5, 5.41) is 0. The Morgan fingerprint density at radius 2 is 1.83 bits per heavy atom. The number of aryl methyl sites for hydroxylation is 2. The normalized spacial score (nSPS) is 14.6. The van der Waals surface area contributed by atoms with Gasteiger partial charge in [0.15, 0.2) is 0 Å². The van der Waals surface area contributed by atoms with Crippen LogP contribution in [0.25, 0.3) is 5.57 Å². The maximum atomic E-state index is 2.40. The Bertz CT molecular complexity index is 590. The van der Waals surface area contributed by atoms with Crippen molar-refractivity contribution in [2.45, 2.75) is 26.2 Å². The van der Waals surface area contributed by atoms with Gasteiger partial charge in [-0.25, -0.2) is 0 Å². The van der Waals surface area contributed by atoms with Gasteiger partial charge in [-0.15, -0.1) is 0 Å². The lowest BCUT2D eigenvalue weighted by Gasteiger charge is -2.11. The number of fused-ring (bicyclic) bond motifs is 1. The number of allylic oxidation sites excluding steroid dienone is 1. The van der Waals surface area contributed by atoms with Gasteiger partial charge < -0.3 is 0 Å². The third kappa shape index (κ3) is 2.11. The van der Waals surface area contributed by atoms with E-state index < -0.39 is 0 Å². The predicted octanol–water partition coefficient (Wildman–Crippen LogP) is 4.76. The van der Waals surface area contributed by atoms with Crippen LogP contribution in [-0.2, 0) is 6.42 Å². The fraction of sp³-hybridized carbons (Fsp3) is 0.222. The SMILES string of the molecule is Cc1cccc(C2=CCCCc3ccccc32)c1. The monoisotopic (exact) mass is 234 g/mol. The van der Waals surface area contributed by atoms with Crippen molar-refractivity contribution in [1.29, 1.82) is 0 Å². The highest BCUT2D eigenvalue weighted by molar-refractivity contribution is 5.82. The lowest BCUT2D eigenvalue weighted by Crippen LogP contribution is -1.93. The molecule has 18 heavy (non-hydrogen) atoms. The van der Waals surface area contributed by atoms with Crippen molar-refractivity contribution in [3.63, 3.8) is 0 Å². The Hall–Kier alpha value is -1.82. The first-order valence-corrected chi connectivity index (χ1v) is 6.70. The largest absolute Gasteiger partial charge is 0.0760 e. The van der Waals surface area contributed by atoms with E-state index in [9.17, 15) is 0 Å². The summed E-state index contributed by atoms with van der Waals surface area (Å²) in [6.45, 7) is 2.16. The first-order chi connectivity index (χ1) is 8.84. The molecule has 0 heteroatoms. The second kappa shape index (κ2) is 4.81. The summed E-state index contributed by atoms with van der Waals surface area (Å²) in [6, 6.07) is 17.6. The molecule has 1 aliphatic rings. The molecule has 0 aliphatic heterocycles. The van der Waals surface area contributed by atoms with E-state index in [4.69, 9.17) is 0 Å². The molecule has 0 spiro atoms. The highest BCUT2D eigenvalue weighted by Gasteiger charge is 2.12. The van der Waals surface area contributed by atoms with E-state index in [2.05, 4.69) is 61.5 Å². The smallest absolute Gasteiger partial charge is 0.0149 e. The molecule has 0 saturated carbocycles. The van der Waals surface area contributed by atoms with Crippen molar-refractivity contribution in [2.24, 2.45) is 0 Å². The van der Waals surface area contributed by atoms with Crippen LogP contribution in [0.2, 0.25) is 0 Å². The summed E-state index contributed by atoms with van der Waals surface area (Å²) in [5.74, 6) is 0. The van der Waals surface area contributed by atoms with E-state index >= 15 is 0 Å². The van der Waals surface area contributed by atoms with Crippen LogP contribution in [0.4, 0.5) is 0 Å². The number of rotatable bonds is 1. The summed E-state index contributed by atoms with van der Waals surface area (Å²) in [7, 11) is 0. The van der Waals surface area contributed by atoms with Crippen LogP contribution in [0.3, 0.4) is 0 Å². The van der Waals surface area contributed by atoms with Crippen LogP contribution >= 0.6 is 0 Å². The van der Waals surface area contributed by atoms with Crippen molar-refractivity contribution in [2.75, 3.05) is 0 Å². The van der Waals surface area contributed by atoms with Gasteiger partial charge in [-0.05, 0) is 48.4 Å². The van der Waals surface area contributed by atoms with E-state index in [1.807, 2.05) is 0 Å². The van der Waals surface area contributed by atoms with E-state index in [1.165, 1.54) is 47.1 Å². The van der Waals surface area contributed by atoms with Gasteiger partial charge in [0.25, 0.3) is 0 Å².